The van der Waals surface area contributed by atoms with Crippen LogP contribution in [0.1, 0.15) is 116 Å². The summed E-state index contributed by atoms with van der Waals surface area (Å²) < 4.78 is 5.23. The third kappa shape index (κ3) is 19.2. The fourth-order valence-corrected chi connectivity index (χ4v) is 21.2. The zero-order valence-corrected chi connectivity index (χ0v) is 73.5. The lowest BCUT2D eigenvalue weighted by Crippen LogP contribution is -2.49. The number of anilines is 5. The Hall–Kier alpha value is -12.6. The molecule has 125 heavy (non-hydrogen) atoms. The average molecular weight is 1730 g/mol. The Kier molecular flexibility index (Phi) is 25.9. The number of ether oxygens (including phenoxy) is 1. The van der Waals surface area contributed by atoms with E-state index < -0.39 is 0 Å². The van der Waals surface area contributed by atoms with E-state index in [-0.39, 0.29) is 46.9 Å². The van der Waals surface area contributed by atoms with Crippen molar-refractivity contribution >= 4 is 122 Å². The minimum absolute atomic E-state index is 0.0109. The summed E-state index contributed by atoms with van der Waals surface area (Å²) in [5, 5.41) is 2.97. The van der Waals surface area contributed by atoms with Crippen LogP contribution in [0.4, 0.5) is 28.4 Å². The topological polar surface area (TPSA) is 184 Å². The van der Waals surface area contributed by atoms with Gasteiger partial charge in [-0.1, -0.05) is 162 Å². The Morgan fingerprint density at radius 2 is 0.632 bits per heavy atom. The number of carbonyl (C=O) groups is 8. The van der Waals surface area contributed by atoms with Crippen molar-refractivity contribution in [1.29, 1.82) is 0 Å². The lowest BCUT2D eigenvalue weighted by atomic mass is 10.0. The zero-order chi connectivity index (χ0) is 86.2. The number of piperazine rings is 4. The lowest BCUT2D eigenvalue weighted by molar-refractivity contribution is 0.0739. The number of ketones is 3. The van der Waals surface area contributed by atoms with Gasteiger partial charge in [-0.15, -0.1) is 0 Å². The SMILES string of the molecule is COc1ccc(N2CCN(C(=O)c3ccc4c(c3)NC(=O)c3ccccc3S4)CC2)cc1.Cc1ccc(N2CCN(C(=O)c3ccc4c(c3)CC(=O)c3ccccc3S4)CC2)cc1.Cc1cccc(N2CCN(C(=O)c3ccc4c(c3)CC(=O)c3ccccc3S4)CC2)c1C.O=C1Cc2cc(C(=O)N3CCN(c4ccccc4)CC3)ccc2Sc2ccccc21. The molecule has 0 saturated carbocycles. The summed E-state index contributed by atoms with van der Waals surface area (Å²) >= 11 is 6.37. The summed E-state index contributed by atoms with van der Waals surface area (Å²) in [6.07, 6.45) is 1.00. The highest BCUT2D eigenvalue weighted by molar-refractivity contribution is 8.00. The molecule has 20 rings (SSSR count). The van der Waals surface area contributed by atoms with Gasteiger partial charge in [-0.3, -0.25) is 38.4 Å². The number of Topliss-reactive ketones (excluding diaryl/α,β-unsaturated/α-hetero) is 3. The van der Waals surface area contributed by atoms with Crippen molar-refractivity contribution in [1.82, 2.24) is 19.6 Å². The van der Waals surface area contributed by atoms with Crippen LogP contribution in [0.25, 0.3) is 0 Å². The molecule has 0 unspecified atom stereocenters. The summed E-state index contributed by atoms with van der Waals surface area (Å²) in [5.41, 5.74) is 17.7. The maximum atomic E-state index is 13.3. The maximum absolute atomic E-state index is 13.3. The average Bonchev–Trinajstić information content (AvgIpc) is 1.69. The van der Waals surface area contributed by atoms with Crippen molar-refractivity contribution in [3.63, 3.8) is 0 Å². The van der Waals surface area contributed by atoms with Gasteiger partial charge in [-0.2, -0.15) is 0 Å². The molecular formula is C103H95N9O9S4. The summed E-state index contributed by atoms with van der Waals surface area (Å²) in [7, 11) is 1.66. The molecule has 0 bridgehead atoms. The second-order valence-corrected chi connectivity index (χ2v) is 36.4. The number of rotatable bonds is 9. The van der Waals surface area contributed by atoms with Crippen molar-refractivity contribution in [2.45, 2.75) is 79.2 Å². The molecule has 12 aromatic rings. The fourth-order valence-electron chi connectivity index (χ4n) is 16.9. The number of methoxy groups -OCH3 is 1. The second-order valence-electron chi connectivity index (χ2n) is 32.0. The number of benzene rings is 12. The van der Waals surface area contributed by atoms with E-state index in [1.54, 1.807) is 48.5 Å². The predicted octanol–water partition coefficient (Wildman–Crippen LogP) is 18.9. The van der Waals surface area contributed by atoms with Crippen LogP contribution in [0, 0.1) is 20.8 Å². The molecule has 0 radical (unpaired) electrons. The number of nitrogens with zero attached hydrogens (tertiary/aromatic N) is 8. The fraction of sp³-hybridized carbons (Fsp3) is 0.223. The van der Waals surface area contributed by atoms with Crippen LogP contribution in [-0.2, 0) is 19.3 Å². The number of fused-ring (bicyclic) bond motifs is 8. The Morgan fingerprint density at radius 1 is 0.304 bits per heavy atom. The van der Waals surface area contributed by atoms with E-state index in [0.717, 1.165) is 136 Å². The zero-order valence-electron chi connectivity index (χ0n) is 70.2. The van der Waals surface area contributed by atoms with Crippen molar-refractivity contribution in [2.75, 3.05) is 137 Å². The van der Waals surface area contributed by atoms with Crippen LogP contribution in [0.2, 0.25) is 0 Å². The molecule has 8 aliphatic heterocycles. The first kappa shape index (κ1) is 84.6. The molecule has 4 saturated heterocycles. The molecule has 0 spiro atoms. The van der Waals surface area contributed by atoms with Gasteiger partial charge < -0.3 is 49.3 Å². The first-order valence-electron chi connectivity index (χ1n) is 42.4. The molecule has 4 fully saturated rings. The summed E-state index contributed by atoms with van der Waals surface area (Å²) in [6.45, 7) is 18.3. The molecule has 5 amide bonds. The number of carbonyl (C=O) groups excluding carboxylic acids is 8. The molecule has 0 aromatic heterocycles. The highest BCUT2D eigenvalue weighted by Gasteiger charge is 2.32. The molecule has 22 heteroatoms. The normalized spacial score (nSPS) is 15.7. The van der Waals surface area contributed by atoms with Crippen molar-refractivity contribution < 1.29 is 43.1 Å². The van der Waals surface area contributed by atoms with E-state index in [4.69, 9.17) is 4.74 Å². The summed E-state index contributed by atoms with van der Waals surface area (Å²) in [4.78, 5) is 128. The highest BCUT2D eigenvalue weighted by Crippen LogP contribution is 2.43. The minimum atomic E-state index is -0.149. The molecule has 0 aliphatic carbocycles. The Morgan fingerprint density at radius 3 is 1.03 bits per heavy atom. The molecule has 1 N–H and O–H groups in total. The van der Waals surface area contributed by atoms with Gasteiger partial charge in [-0.05, 0) is 206 Å². The van der Waals surface area contributed by atoms with Crippen LogP contribution in [0.15, 0.2) is 306 Å². The van der Waals surface area contributed by atoms with Crippen LogP contribution in [0.3, 0.4) is 0 Å². The number of aryl methyl sites for hydroxylation is 2. The molecule has 0 atom stereocenters. The third-order valence-electron chi connectivity index (χ3n) is 24.2. The highest BCUT2D eigenvalue weighted by atomic mass is 32.2. The molecule has 12 aromatic carbocycles. The smallest absolute Gasteiger partial charge is 0.256 e. The number of hydrogen-bond donors (Lipinski definition) is 1. The van der Waals surface area contributed by atoms with E-state index >= 15 is 0 Å². The van der Waals surface area contributed by atoms with Crippen LogP contribution < -0.4 is 29.7 Å². The maximum Gasteiger partial charge on any atom is 0.256 e. The Bertz CT molecular complexity index is 6120. The standard InChI is InChI=1S/C27H26N2O2S.C26H24N2O2S.C25H23N3O3S.C25H22N2O2S/c1-18-6-5-8-23(19(18)2)28-12-14-29(15-13-28)27(31)20-10-11-25-21(16-20)17-24(30)22-7-3-4-9-26(22)32-25;1-18-6-9-21(10-7-18)27-12-14-28(15-13-27)26(30)19-8-11-24-20(16-19)17-23(29)22-4-2-3-5-25(22)31-24;1-31-19-9-7-18(8-10-19)27-12-14-28(15-13-27)25(30)17-6-11-23-21(16-17)26-24(29)20-4-2-3-5-22(20)32-23;28-22-17-19-16-18(10-11-23(19)30-24-9-5-4-8-21(22)24)25(29)27-14-12-26(13-15-27)20-6-2-1-3-7-20/h3-11,16H,12-15,17H2,1-2H3;2-11,16H,12-15,17H2,1H3;2-11,16H,12-15H2,1H3,(H,26,29);1-11,16H,12-15,17H2. The molecule has 8 aliphatic rings. The van der Waals surface area contributed by atoms with Crippen LogP contribution in [0.5, 0.6) is 5.75 Å². The molecule has 630 valence electrons. The predicted molar refractivity (Wildman–Crippen MR) is 499 cm³/mol. The Balaban J connectivity index is 0.000000118. The van der Waals surface area contributed by atoms with Gasteiger partial charge in [0.25, 0.3) is 29.5 Å². The first-order valence-corrected chi connectivity index (χ1v) is 45.7. The monoisotopic (exact) mass is 1730 g/mol. The van der Waals surface area contributed by atoms with Gasteiger partial charge in [0.15, 0.2) is 17.3 Å². The van der Waals surface area contributed by atoms with Gasteiger partial charge >= 0.3 is 0 Å². The first-order chi connectivity index (χ1) is 60.9. The van der Waals surface area contributed by atoms with E-state index in [1.165, 1.54) is 45.5 Å². The number of amides is 5. The van der Waals surface area contributed by atoms with Crippen LogP contribution >= 0.6 is 47.0 Å². The van der Waals surface area contributed by atoms with Crippen LogP contribution in [-0.4, -0.2) is 178 Å². The molecular weight excluding hydrogens is 1640 g/mol. The van der Waals surface area contributed by atoms with Gasteiger partial charge in [0.1, 0.15) is 5.75 Å². The van der Waals surface area contributed by atoms with Gasteiger partial charge in [-0.25, -0.2) is 0 Å². The lowest BCUT2D eigenvalue weighted by Gasteiger charge is -2.37. The van der Waals surface area contributed by atoms with Gasteiger partial charge in [0.05, 0.1) is 18.4 Å². The Labute approximate surface area is 746 Å². The van der Waals surface area contributed by atoms with E-state index in [2.05, 4.69) is 100 Å². The summed E-state index contributed by atoms with van der Waals surface area (Å²) in [6, 6.07) is 87.0. The minimum Gasteiger partial charge on any atom is -0.497 e. The van der Waals surface area contributed by atoms with Crippen molar-refractivity contribution in [3.05, 3.63) is 345 Å². The quantitative estimate of drug-likeness (QED) is 0.144. The van der Waals surface area contributed by atoms with Crippen molar-refractivity contribution in [3.8, 4) is 5.75 Å². The van der Waals surface area contributed by atoms with E-state index in [9.17, 15) is 38.4 Å². The summed E-state index contributed by atoms with van der Waals surface area (Å²) in [5.74, 6) is 1.14. The van der Waals surface area contributed by atoms with E-state index in [0.29, 0.717) is 105 Å². The number of para-hydroxylation sites is 1. The van der Waals surface area contributed by atoms with E-state index in [1.807, 2.05) is 226 Å². The molecule has 18 nitrogen and oxygen atoms in total. The second kappa shape index (κ2) is 38.3. The largest absolute Gasteiger partial charge is 0.497 e. The van der Waals surface area contributed by atoms with Crippen molar-refractivity contribution in [2.24, 2.45) is 0 Å². The van der Waals surface area contributed by atoms with Gasteiger partial charge in [0.2, 0.25) is 0 Å². The van der Waals surface area contributed by atoms with Gasteiger partial charge in [0, 0.05) is 225 Å². The third-order valence-corrected chi connectivity index (χ3v) is 28.9. The number of nitrogens with one attached hydrogen (secondary N) is 1. The number of hydrogen-bond acceptors (Lipinski definition) is 17. The molecule has 8 heterocycles.